The summed E-state index contributed by atoms with van der Waals surface area (Å²) in [6, 6.07) is 1.75. The standard InChI is InChI=1S/C28H24O7/c1-3-6-14-26-15(11-12-33-26)27(32-2)24-25(31)16(13-34-28(14)24)21-22-17(29)7-4-9-19(22)35-20-10-5-8-18(30)23(20)21/h3,11-13,21H,1,4-10H2,2H3. The van der Waals surface area contributed by atoms with Crippen LogP contribution in [0, 0.1) is 0 Å². The Morgan fingerprint density at radius 3 is 2.31 bits per heavy atom. The Balaban J connectivity index is 1.69. The zero-order valence-corrected chi connectivity index (χ0v) is 19.4. The fourth-order valence-electron chi connectivity index (χ4n) is 5.74. The van der Waals surface area contributed by atoms with E-state index in [0.717, 1.165) is 0 Å². The Labute approximate surface area is 200 Å². The lowest BCUT2D eigenvalue weighted by atomic mass is 9.73. The minimum atomic E-state index is -0.803. The smallest absolute Gasteiger partial charge is 0.200 e. The molecule has 3 aromatic rings. The van der Waals surface area contributed by atoms with Crippen LogP contribution in [0.1, 0.15) is 55.6 Å². The topological polar surface area (TPSA) is 96.0 Å². The Bertz CT molecular complexity index is 1520. The van der Waals surface area contributed by atoms with E-state index in [1.165, 1.54) is 19.6 Å². The molecule has 3 heterocycles. The molecule has 7 heteroatoms. The molecular weight excluding hydrogens is 448 g/mol. The number of ether oxygens (including phenoxy) is 2. The van der Waals surface area contributed by atoms with Crippen molar-refractivity contribution in [3.8, 4) is 5.75 Å². The zero-order valence-electron chi connectivity index (χ0n) is 19.4. The highest BCUT2D eigenvalue weighted by atomic mass is 16.5. The van der Waals surface area contributed by atoms with Gasteiger partial charge in [0.05, 0.1) is 30.9 Å². The van der Waals surface area contributed by atoms with Crippen molar-refractivity contribution in [2.24, 2.45) is 0 Å². The summed E-state index contributed by atoms with van der Waals surface area (Å²) in [5.74, 6) is 0.498. The van der Waals surface area contributed by atoms with Crippen LogP contribution in [0.2, 0.25) is 0 Å². The van der Waals surface area contributed by atoms with Crippen molar-refractivity contribution in [1.82, 2.24) is 0 Å². The van der Waals surface area contributed by atoms with E-state index in [-0.39, 0.29) is 27.9 Å². The second-order valence-electron chi connectivity index (χ2n) is 9.15. The van der Waals surface area contributed by atoms with Crippen LogP contribution in [-0.2, 0) is 20.7 Å². The molecule has 0 radical (unpaired) electrons. The molecule has 0 amide bonds. The number of Topliss-reactive ketones (excluding diaryl/α,β-unsaturated/α-hetero) is 2. The molecule has 0 spiro atoms. The number of hydrogen-bond donors (Lipinski definition) is 0. The molecule has 178 valence electrons. The highest BCUT2D eigenvalue weighted by Gasteiger charge is 2.43. The molecular formula is C28H24O7. The van der Waals surface area contributed by atoms with Gasteiger partial charge in [-0.3, -0.25) is 14.4 Å². The summed E-state index contributed by atoms with van der Waals surface area (Å²) in [7, 11) is 1.49. The molecule has 2 aromatic heterocycles. The van der Waals surface area contributed by atoms with Gasteiger partial charge >= 0.3 is 0 Å². The molecule has 35 heavy (non-hydrogen) atoms. The summed E-state index contributed by atoms with van der Waals surface area (Å²) in [4.78, 5) is 40.4. The van der Waals surface area contributed by atoms with Crippen molar-refractivity contribution in [1.29, 1.82) is 0 Å². The number of hydrogen-bond acceptors (Lipinski definition) is 7. The largest absolute Gasteiger partial charge is 0.495 e. The molecule has 1 aliphatic heterocycles. The summed E-state index contributed by atoms with van der Waals surface area (Å²) < 4.78 is 23.6. The monoisotopic (exact) mass is 472 g/mol. The number of ketones is 2. The number of rotatable bonds is 4. The number of methoxy groups -OCH3 is 1. The van der Waals surface area contributed by atoms with E-state index < -0.39 is 5.92 Å². The molecule has 0 fully saturated rings. The van der Waals surface area contributed by atoms with Crippen molar-refractivity contribution in [2.45, 2.75) is 50.9 Å². The van der Waals surface area contributed by atoms with Crippen molar-refractivity contribution in [2.75, 3.05) is 7.11 Å². The maximum absolute atomic E-state index is 14.2. The molecule has 0 N–H and O–H groups in total. The van der Waals surface area contributed by atoms with E-state index in [1.54, 1.807) is 12.1 Å². The van der Waals surface area contributed by atoms with E-state index in [4.69, 9.17) is 18.3 Å². The number of fused-ring (bicyclic) bond motifs is 2. The highest BCUT2D eigenvalue weighted by molar-refractivity contribution is 6.07. The first-order valence-electron chi connectivity index (χ1n) is 11.9. The van der Waals surface area contributed by atoms with E-state index in [1.807, 2.05) is 0 Å². The van der Waals surface area contributed by atoms with Crippen LogP contribution in [0.15, 0.2) is 67.5 Å². The van der Waals surface area contributed by atoms with Crippen LogP contribution in [0.5, 0.6) is 5.75 Å². The molecule has 0 saturated carbocycles. The van der Waals surface area contributed by atoms with Crippen LogP contribution >= 0.6 is 0 Å². The maximum Gasteiger partial charge on any atom is 0.200 e. The highest BCUT2D eigenvalue weighted by Crippen LogP contribution is 2.48. The number of furan rings is 1. The Hall–Kier alpha value is -3.87. The van der Waals surface area contributed by atoms with Crippen molar-refractivity contribution < 1.29 is 27.9 Å². The number of carbonyl (C=O) groups is 2. The molecule has 7 nitrogen and oxygen atoms in total. The fourth-order valence-corrected chi connectivity index (χ4v) is 5.74. The van der Waals surface area contributed by atoms with Gasteiger partial charge in [0.2, 0.25) is 5.43 Å². The number of allylic oxidation sites excluding steroid dienone is 5. The van der Waals surface area contributed by atoms with Crippen molar-refractivity contribution in [3.05, 3.63) is 75.3 Å². The first-order valence-corrected chi connectivity index (χ1v) is 11.9. The van der Waals surface area contributed by atoms with Gasteiger partial charge in [-0.25, -0.2) is 0 Å². The lowest BCUT2D eigenvalue weighted by molar-refractivity contribution is -0.117. The third kappa shape index (κ3) is 3.07. The normalized spacial score (nSPS) is 18.7. The molecule has 2 aliphatic carbocycles. The Morgan fingerprint density at radius 2 is 1.69 bits per heavy atom. The van der Waals surface area contributed by atoms with Gasteiger partial charge in [0, 0.05) is 48.0 Å². The van der Waals surface area contributed by atoms with Gasteiger partial charge in [-0.15, -0.1) is 6.58 Å². The summed E-state index contributed by atoms with van der Waals surface area (Å²) in [6.07, 6.45) is 8.35. The fraction of sp³-hybridized carbons (Fsp3) is 0.321. The third-order valence-corrected chi connectivity index (χ3v) is 7.21. The quantitative estimate of drug-likeness (QED) is 0.469. The van der Waals surface area contributed by atoms with Crippen LogP contribution in [0.4, 0.5) is 0 Å². The lowest BCUT2D eigenvalue weighted by Gasteiger charge is -2.35. The molecule has 6 rings (SSSR count). The van der Waals surface area contributed by atoms with E-state index in [9.17, 15) is 14.4 Å². The minimum absolute atomic E-state index is 0.0923. The SMILES string of the molecule is C=CCc1c2occc2c(OC)c2c(=O)c(C3C4=C(CCCC4=O)OC4=C3C(=O)CCC4)coc12. The van der Waals surface area contributed by atoms with E-state index in [2.05, 4.69) is 6.58 Å². The zero-order chi connectivity index (χ0) is 24.3. The van der Waals surface area contributed by atoms with Crippen molar-refractivity contribution >= 4 is 33.5 Å². The molecule has 0 atom stereocenters. The summed E-state index contributed by atoms with van der Waals surface area (Å²) in [5.41, 5.74) is 2.33. The third-order valence-electron chi connectivity index (χ3n) is 7.21. The van der Waals surface area contributed by atoms with Crippen LogP contribution in [0.25, 0.3) is 21.9 Å². The first-order chi connectivity index (χ1) is 17.0. The van der Waals surface area contributed by atoms with Gasteiger partial charge in [-0.1, -0.05) is 6.08 Å². The molecule has 0 bridgehead atoms. The second-order valence-corrected chi connectivity index (χ2v) is 9.15. The molecule has 3 aliphatic rings. The Kier molecular flexibility index (Phi) is 5.02. The minimum Gasteiger partial charge on any atom is -0.495 e. The van der Waals surface area contributed by atoms with Crippen LogP contribution < -0.4 is 10.2 Å². The van der Waals surface area contributed by atoms with Crippen molar-refractivity contribution in [3.63, 3.8) is 0 Å². The molecule has 0 unspecified atom stereocenters. The van der Waals surface area contributed by atoms with Gasteiger partial charge in [0.1, 0.15) is 33.8 Å². The van der Waals surface area contributed by atoms with Gasteiger partial charge in [-0.2, -0.15) is 0 Å². The summed E-state index contributed by atoms with van der Waals surface area (Å²) in [5, 5.41) is 0.911. The summed E-state index contributed by atoms with van der Waals surface area (Å²) >= 11 is 0. The molecule has 1 aromatic carbocycles. The molecule has 0 saturated heterocycles. The lowest BCUT2D eigenvalue weighted by Crippen LogP contribution is -2.32. The number of carbonyl (C=O) groups excluding carboxylic acids is 2. The van der Waals surface area contributed by atoms with Crippen LogP contribution in [0.3, 0.4) is 0 Å². The van der Waals surface area contributed by atoms with E-state index in [0.29, 0.717) is 95.5 Å². The van der Waals surface area contributed by atoms with Gasteiger partial charge in [-0.05, 0) is 25.3 Å². The van der Waals surface area contributed by atoms with E-state index >= 15 is 0 Å². The predicted molar refractivity (Wildman–Crippen MR) is 128 cm³/mol. The average molecular weight is 472 g/mol. The van der Waals surface area contributed by atoms with Gasteiger partial charge in [0.15, 0.2) is 11.6 Å². The van der Waals surface area contributed by atoms with Gasteiger partial charge in [0.25, 0.3) is 0 Å². The van der Waals surface area contributed by atoms with Crippen LogP contribution in [-0.4, -0.2) is 18.7 Å². The first kappa shape index (κ1) is 21.6. The number of benzene rings is 1. The maximum atomic E-state index is 14.2. The second kappa shape index (κ2) is 8.12. The average Bonchev–Trinajstić information content (AvgIpc) is 3.34. The summed E-state index contributed by atoms with van der Waals surface area (Å²) in [6.45, 7) is 3.82. The Morgan fingerprint density at radius 1 is 1.00 bits per heavy atom. The van der Waals surface area contributed by atoms with Gasteiger partial charge < -0.3 is 18.3 Å². The predicted octanol–water partition coefficient (Wildman–Crippen LogP) is 5.40.